The van der Waals surface area contributed by atoms with Gasteiger partial charge in [0.2, 0.25) is 0 Å². The van der Waals surface area contributed by atoms with Crippen molar-refractivity contribution in [2.24, 2.45) is 12.5 Å². The van der Waals surface area contributed by atoms with Gasteiger partial charge in [-0.05, 0) is 62.5 Å². The SMILES string of the molecule is COC(=O)C(OC(C)(C)C)c1c(C2=CCC(C)(C)CC2)c(-c2cccs2)nn1C. The van der Waals surface area contributed by atoms with E-state index in [0.29, 0.717) is 5.41 Å². The van der Waals surface area contributed by atoms with E-state index in [1.165, 1.54) is 12.7 Å². The number of allylic oxidation sites excluding steroid dienone is 2. The van der Waals surface area contributed by atoms with Crippen molar-refractivity contribution in [1.29, 1.82) is 0 Å². The quantitative estimate of drug-likeness (QED) is 0.581. The summed E-state index contributed by atoms with van der Waals surface area (Å²) in [5.74, 6) is -0.404. The number of rotatable bonds is 5. The highest BCUT2D eigenvalue weighted by atomic mass is 32.1. The molecule has 2 aromatic rings. The predicted octanol–water partition coefficient (Wildman–Crippen LogP) is 5.77. The van der Waals surface area contributed by atoms with Crippen molar-refractivity contribution in [3.8, 4) is 10.6 Å². The van der Waals surface area contributed by atoms with Gasteiger partial charge in [0, 0.05) is 12.6 Å². The van der Waals surface area contributed by atoms with E-state index >= 15 is 0 Å². The molecular weight excluding hydrogens is 384 g/mol. The Kier molecular flexibility index (Phi) is 6.06. The van der Waals surface area contributed by atoms with Gasteiger partial charge >= 0.3 is 5.97 Å². The average Bonchev–Trinajstić information content (AvgIpc) is 3.26. The molecule has 0 spiro atoms. The summed E-state index contributed by atoms with van der Waals surface area (Å²) < 4.78 is 13.1. The van der Waals surface area contributed by atoms with Crippen LogP contribution in [0, 0.1) is 5.41 Å². The number of hydrogen-bond acceptors (Lipinski definition) is 5. The van der Waals surface area contributed by atoms with E-state index in [-0.39, 0.29) is 0 Å². The average molecular weight is 417 g/mol. The molecular formula is C23H32N2O3S. The zero-order valence-corrected chi connectivity index (χ0v) is 19.4. The van der Waals surface area contributed by atoms with Gasteiger partial charge in [0.05, 0.1) is 23.3 Å². The maximum Gasteiger partial charge on any atom is 0.341 e. The maximum absolute atomic E-state index is 12.8. The predicted molar refractivity (Wildman–Crippen MR) is 118 cm³/mol. The molecule has 0 amide bonds. The monoisotopic (exact) mass is 416 g/mol. The van der Waals surface area contributed by atoms with Crippen LogP contribution >= 0.6 is 11.3 Å². The lowest BCUT2D eigenvalue weighted by atomic mass is 9.76. The Balaban J connectivity index is 2.20. The number of hydrogen-bond donors (Lipinski definition) is 0. The van der Waals surface area contributed by atoms with Gasteiger partial charge in [-0.1, -0.05) is 26.0 Å². The molecule has 2 heterocycles. The van der Waals surface area contributed by atoms with Gasteiger partial charge < -0.3 is 9.47 Å². The van der Waals surface area contributed by atoms with Gasteiger partial charge in [-0.15, -0.1) is 11.3 Å². The maximum atomic E-state index is 12.8. The van der Waals surface area contributed by atoms with Crippen molar-refractivity contribution in [1.82, 2.24) is 9.78 Å². The molecule has 3 rings (SSSR count). The van der Waals surface area contributed by atoms with Crippen molar-refractivity contribution >= 4 is 22.9 Å². The molecule has 0 fully saturated rings. The lowest BCUT2D eigenvalue weighted by Crippen LogP contribution is -2.30. The zero-order chi connectivity index (χ0) is 21.4. The third-order valence-electron chi connectivity index (χ3n) is 5.27. The molecule has 0 aliphatic heterocycles. The minimum Gasteiger partial charge on any atom is -0.467 e. The van der Waals surface area contributed by atoms with E-state index in [9.17, 15) is 4.79 Å². The first-order valence-electron chi connectivity index (χ1n) is 10.1. The fraction of sp³-hybridized carbons (Fsp3) is 0.565. The van der Waals surface area contributed by atoms with Crippen molar-refractivity contribution in [2.45, 2.75) is 65.6 Å². The molecule has 1 unspecified atom stereocenters. The first-order chi connectivity index (χ1) is 13.5. The third kappa shape index (κ3) is 4.81. The molecule has 6 heteroatoms. The summed E-state index contributed by atoms with van der Waals surface area (Å²) in [4.78, 5) is 13.9. The topological polar surface area (TPSA) is 53.4 Å². The number of aromatic nitrogens is 2. The molecule has 1 aliphatic rings. The Morgan fingerprint density at radius 1 is 1.34 bits per heavy atom. The van der Waals surface area contributed by atoms with Gasteiger partial charge in [0.15, 0.2) is 6.10 Å². The van der Waals surface area contributed by atoms with Crippen molar-refractivity contribution in [2.75, 3.05) is 7.11 Å². The number of nitrogens with zero attached hydrogens (tertiary/aromatic N) is 2. The van der Waals surface area contributed by atoms with Crippen LogP contribution in [-0.4, -0.2) is 28.5 Å². The summed E-state index contributed by atoms with van der Waals surface area (Å²) in [5.41, 5.74) is 3.72. The van der Waals surface area contributed by atoms with E-state index in [0.717, 1.165) is 41.1 Å². The Labute approximate surface area is 177 Å². The molecule has 0 saturated heterocycles. The standard InChI is InChI=1S/C23H32N2O3S/c1-22(2,3)28-20(21(26)27-7)19-17(15-10-12-23(4,5)13-11-15)18(24-25(19)6)16-9-8-14-29-16/h8-10,14,20H,11-13H2,1-7H3. The van der Waals surface area contributed by atoms with Crippen LogP contribution in [0.3, 0.4) is 0 Å². The fourth-order valence-corrected chi connectivity index (χ4v) is 4.44. The highest BCUT2D eigenvalue weighted by molar-refractivity contribution is 7.13. The smallest absolute Gasteiger partial charge is 0.341 e. The molecule has 158 valence electrons. The van der Waals surface area contributed by atoms with Gasteiger partial charge in [-0.2, -0.15) is 5.10 Å². The number of carbonyl (C=O) groups excluding carboxylic acids is 1. The van der Waals surface area contributed by atoms with Gasteiger partial charge in [-0.3, -0.25) is 4.68 Å². The molecule has 0 aromatic carbocycles. The van der Waals surface area contributed by atoms with Crippen molar-refractivity contribution < 1.29 is 14.3 Å². The molecule has 0 bridgehead atoms. The Morgan fingerprint density at radius 2 is 2.07 bits per heavy atom. The lowest BCUT2D eigenvalue weighted by molar-refractivity contribution is -0.165. The minimum absolute atomic E-state index is 0.290. The molecule has 1 atom stereocenters. The molecule has 0 radical (unpaired) electrons. The minimum atomic E-state index is -0.836. The number of aryl methyl sites for hydroxylation is 1. The number of thiophene rings is 1. The van der Waals surface area contributed by atoms with Crippen LogP contribution in [0.1, 0.15) is 71.2 Å². The van der Waals surface area contributed by atoms with Gasteiger partial charge in [-0.25, -0.2) is 4.79 Å². The van der Waals surface area contributed by atoms with Crippen LogP contribution < -0.4 is 0 Å². The summed E-state index contributed by atoms with van der Waals surface area (Å²) in [6, 6.07) is 4.10. The van der Waals surface area contributed by atoms with Gasteiger partial charge in [0.1, 0.15) is 5.69 Å². The Hall–Kier alpha value is -1.92. The number of esters is 1. The van der Waals surface area contributed by atoms with E-state index in [1.54, 1.807) is 16.0 Å². The highest BCUT2D eigenvalue weighted by Gasteiger charge is 2.36. The summed E-state index contributed by atoms with van der Waals surface area (Å²) in [5, 5.41) is 6.88. The lowest BCUT2D eigenvalue weighted by Gasteiger charge is -2.30. The second-order valence-corrected chi connectivity index (χ2v) is 10.4. The molecule has 29 heavy (non-hydrogen) atoms. The van der Waals surface area contributed by atoms with Crippen LogP contribution in [0.25, 0.3) is 16.1 Å². The van der Waals surface area contributed by atoms with Crippen molar-refractivity contribution in [3.63, 3.8) is 0 Å². The molecule has 0 saturated carbocycles. The molecule has 2 aromatic heterocycles. The van der Waals surface area contributed by atoms with Crippen LogP contribution in [0.4, 0.5) is 0 Å². The largest absolute Gasteiger partial charge is 0.467 e. The first-order valence-corrected chi connectivity index (χ1v) is 11.0. The van der Waals surface area contributed by atoms with Crippen LogP contribution in [-0.2, 0) is 21.3 Å². The highest BCUT2D eigenvalue weighted by Crippen LogP contribution is 2.44. The Bertz CT molecular complexity index is 901. The summed E-state index contributed by atoms with van der Waals surface area (Å²) in [6.07, 6.45) is 4.53. The number of methoxy groups -OCH3 is 1. The van der Waals surface area contributed by atoms with Crippen molar-refractivity contribution in [3.05, 3.63) is 34.8 Å². The zero-order valence-electron chi connectivity index (χ0n) is 18.5. The van der Waals surface area contributed by atoms with E-state index in [4.69, 9.17) is 14.6 Å². The second kappa shape index (κ2) is 8.07. The normalized spacial score (nSPS) is 17.7. The second-order valence-electron chi connectivity index (χ2n) is 9.44. The molecule has 0 N–H and O–H groups in total. The molecule has 5 nitrogen and oxygen atoms in total. The van der Waals surface area contributed by atoms with E-state index < -0.39 is 17.7 Å². The summed E-state index contributed by atoms with van der Waals surface area (Å²) in [6.45, 7) is 10.4. The number of ether oxygens (including phenoxy) is 2. The fourth-order valence-electron chi connectivity index (χ4n) is 3.72. The van der Waals surface area contributed by atoms with E-state index in [1.807, 2.05) is 33.9 Å². The van der Waals surface area contributed by atoms with Gasteiger partial charge in [0.25, 0.3) is 0 Å². The summed E-state index contributed by atoms with van der Waals surface area (Å²) >= 11 is 1.65. The van der Waals surface area contributed by atoms with Crippen LogP contribution in [0.15, 0.2) is 23.6 Å². The van der Waals surface area contributed by atoms with Crippen LogP contribution in [0.2, 0.25) is 0 Å². The Morgan fingerprint density at radius 3 is 2.59 bits per heavy atom. The first kappa shape index (κ1) is 21.8. The van der Waals surface area contributed by atoms with Crippen LogP contribution in [0.5, 0.6) is 0 Å². The third-order valence-corrected chi connectivity index (χ3v) is 6.15. The van der Waals surface area contributed by atoms with E-state index in [2.05, 4.69) is 31.4 Å². The summed E-state index contributed by atoms with van der Waals surface area (Å²) in [7, 11) is 3.28. The molecule has 1 aliphatic carbocycles. The number of carbonyl (C=O) groups is 1.